The Labute approximate surface area is 172 Å². The van der Waals surface area contributed by atoms with Gasteiger partial charge in [0.1, 0.15) is 10.3 Å². The fourth-order valence-electron chi connectivity index (χ4n) is 3.51. The molecule has 3 aromatic rings. The second-order valence-corrected chi connectivity index (χ2v) is 10.8. The molecule has 0 bridgehead atoms. The van der Waals surface area contributed by atoms with Crippen molar-refractivity contribution in [1.82, 2.24) is 9.29 Å². The predicted molar refractivity (Wildman–Crippen MR) is 113 cm³/mol. The minimum absolute atomic E-state index is 0.278. The molecule has 0 saturated carbocycles. The number of nitrogens with zero attached hydrogens (tertiary/aromatic N) is 2. The molecule has 1 atom stereocenters. The number of rotatable bonds is 5. The third-order valence-electron chi connectivity index (χ3n) is 4.93. The molecule has 0 unspecified atom stereocenters. The minimum atomic E-state index is -3.67. The van der Waals surface area contributed by atoms with Crippen LogP contribution >= 0.6 is 22.7 Å². The van der Waals surface area contributed by atoms with Crippen molar-refractivity contribution in [3.63, 3.8) is 0 Å². The van der Waals surface area contributed by atoms with Crippen LogP contribution in [0.15, 0.2) is 39.9 Å². The monoisotopic (exact) mass is 435 g/mol. The van der Waals surface area contributed by atoms with Crippen molar-refractivity contribution in [2.45, 2.75) is 42.9 Å². The molecule has 1 aliphatic heterocycles. The largest absolute Gasteiger partial charge is 0.301 e. The van der Waals surface area contributed by atoms with Crippen molar-refractivity contribution in [2.24, 2.45) is 0 Å². The first-order valence-electron chi connectivity index (χ1n) is 9.25. The summed E-state index contributed by atoms with van der Waals surface area (Å²) >= 11 is 2.59. The number of thiazole rings is 1. The van der Waals surface area contributed by atoms with E-state index in [0.29, 0.717) is 18.1 Å². The zero-order chi connectivity index (χ0) is 19.7. The molecule has 1 N–H and O–H groups in total. The second kappa shape index (κ2) is 7.90. The molecule has 28 heavy (non-hydrogen) atoms. The number of benzene rings is 1. The lowest BCUT2D eigenvalue weighted by Gasteiger charge is -2.32. The minimum Gasteiger partial charge on any atom is -0.301 e. The molecule has 2 aromatic heterocycles. The molecule has 3 heterocycles. The summed E-state index contributed by atoms with van der Waals surface area (Å²) in [6.07, 6.45) is 2.97. The smallest absolute Gasteiger partial charge is 0.253 e. The van der Waals surface area contributed by atoms with E-state index >= 15 is 0 Å². The molecule has 0 spiro atoms. The lowest BCUT2D eigenvalue weighted by atomic mass is 10.0. The maximum Gasteiger partial charge on any atom is 0.253 e. The van der Waals surface area contributed by atoms with E-state index in [1.807, 2.05) is 18.2 Å². The van der Waals surface area contributed by atoms with Gasteiger partial charge < -0.3 is 5.32 Å². The standard InChI is InChI=1S/C19H21N3O3S3/c1-2-13-7-5-9-15-17(13)20-19(27-15)21-18(23)14-8-3-4-11-22(14)28(24,25)16-10-6-12-26-16/h5-7,9-10,12,14H,2-4,8,11H2,1H3,(H,20,21,23)/t14-/m1/s1. The molecule has 0 radical (unpaired) electrons. The van der Waals surface area contributed by atoms with E-state index in [0.717, 1.165) is 35.0 Å². The van der Waals surface area contributed by atoms with E-state index in [9.17, 15) is 13.2 Å². The first kappa shape index (κ1) is 19.5. The average Bonchev–Trinajstić information content (AvgIpc) is 3.37. The van der Waals surface area contributed by atoms with Crippen LogP contribution in [0.25, 0.3) is 10.2 Å². The van der Waals surface area contributed by atoms with Gasteiger partial charge in [0.05, 0.1) is 10.2 Å². The third-order valence-corrected chi connectivity index (χ3v) is 9.15. The van der Waals surface area contributed by atoms with Gasteiger partial charge in [-0.15, -0.1) is 11.3 Å². The first-order valence-corrected chi connectivity index (χ1v) is 12.4. The van der Waals surface area contributed by atoms with Crippen LogP contribution in [0.2, 0.25) is 0 Å². The van der Waals surface area contributed by atoms with Crippen LogP contribution < -0.4 is 5.32 Å². The zero-order valence-corrected chi connectivity index (χ0v) is 17.9. The number of hydrogen-bond donors (Lipinski definition) is 1. The Balaban J connectivity index is 1.59. The summed E-state index contributed by atoms with van der Waals surface area (Å²) in [5.74, 6) is -0.308. The number of amides is 1. The van der Waals surface area contributed by atoms with Crippen molar-refractivity contribution in [2.75, 3.05) is 11.9 Å². The fourth-order valence-corrected chi connectivity index (χ4v) is 7.21. The molecule has 1 fully saturated rings. The van der Waals surface area contributed by atoms with Gasteiger partial charge in [-0.1, -0.05) is 42.9 Å². The maximum absolute atomic E-state index is 13.0. The van der Waals surface area contributed by atoms with Gasteiger partial charge in [-0.05, 0) is 42.3 Å². The van der Waals surface area contributed by atoms with Crippen molar-refractivity contribution >= 4 is 54.0 Å². The predicted octanol–water partition coefficient (Wildman–Crippen LogP) is 4.10. The SMILES string of the molecule is CCc1cccc2sc(NC(=O)[C@H]3CCCCN3S(=O)(=O)c3cccs3)nc12. The van der Waals surface area contributed by atoms with Crippen molar-refractivity contribution < 1.29 is 13.2 Å². The number of fused-ring (bicyclic) bond motifs is 1. The topological polar surface area (TPSA) is 79.4 Å². The van der Waals surface area contributed by atoms with Gasteiger partial charge in [0.2, 0.25) is 5.91 Å². The molecule has 9 heteroatoms. The van der Waals surface area contributed by atoms with Crippen LogP contribution in [0.5, 0.6) is 0 Å². The van der Waals surface area contributed by atoms with E-state index < -0.39 is 16.1 Å². The Kier molecular flexibility index (Phi) is 5.50. The van der Waals surface area contributed by atoms with E-state index in [4.69, 9.17) is 0 Å². The highest BCUT2D eigenvalue weighted by molar-refractivity contribution is 7.91. The van der Waals surface area contributed by atoms with Gasteiger partial charge in [-0.25, -0.2) is 13.4 Å². The van der Waals surface area contributed by atoms with Gasteiger partial charge in [0, 0.05) is 6.54 Å². The summed E-state index contributed by atoms with van der Waals surface area (Å²) in [6.45, 7) is 2.43. The summed E-state index contributed by atoms with van der Waals surface area (Å²) in [4.78, 5) is 17.6. The summed E-state index contributed by atoms with van der Waals surface area (Å²) < 4.78 is 28.6. The Morgan fingerprint density at radius 3 is 2.89 bits per heavy atom. The Bertz CT molecular complexity index is 1090. The van der Waals surface area contributed by atoms with Crippen LogP contribution in [0.1, 0.15) is 31.7 Å². The maximum atomic E-state index is 13.0. The van der Waals surface area contributed by atoms with E-state index in [1.54, 1.807) is 17.5 Å². The highest BCUT2D eigenvalue weighted by Crippen LogP contribution is 2.31. The Hall–Kier alpha value is -1.81. The molecule has 1 amide bonds. The Morgan fingerprint density at radius 2 is 2.14 bits per heavy atom. The van der Waals surface area contributed by atoms with E-state index in [-0.39, 0.29) is 10.1 Å². The lowest BCUT2D eigenvalue weighted by Crippen LogP contribution is -2.49. The van der Waals surface area contributed by atoms with Gasteiger partial charge in [-0.2, -0.15) is 4.31 Å². The van der Waals surface area contributed by atoms with Crippen molar-refractivity contribution in [1.29, 1.82) is 0 Å². The number of para-hydroxylation sites is 1. The van der Waals surface area contributed by atoms with Crippen LogP contribution in [0.4, 0.5) is 5.13 Å². The van der Waals surface area contributed by atoms with E-state index in [1.165, 1.54) is 27.0 Å². The number of carbonyl (C=O) groups is 1. The fraction of sp³-hybridized carbons (Fsp3) is 0.368. The average molecular weight is 436 g/mol. The first-order chi connectivity index (χ1) is 13.5. The number of carbonyl (C=O) groups excluding carboxylic acids is 1. The number of aryl methyl sites for hydroxylation is 1. The Morgan fingerprint density at radius 1 is 1.29 bits per heavy atom. The van der Waals surface area contributed by atoms with Crippen LogP contribution in [-0.4, -0.2) is 36.2 Å². The second-order valence-electron chi connectivity index (χ2n) is 6.69. The zero-order valence-electron chi connectivity index (χ0n) is 15.4. The molecule has 1 aliphatic rings. The van der Waals surface area contributed by atoms with Crippen LogP contribution in [0.3, 0.4) is 0 Å². The number of hydrogen-bond acceptors (Lipinski definition) is 6. The van der Waals surface area contributed by atoms with Crippen LogP contribution in [-0.2, 0) is 21.2 Å². The molecular weight excluding hydrogens is 414 g/mol. The number of sulfonamides is 1. The van der Waals surface area contributed by atoms with Gasteiger partial charge >= 0.3 is 0 Å². The van der Waals surface area contributed by atoms with Gasteiger partial charge in [0.15, 0.2) is 5.13 Å². The summed E-state index contributed by atoms with van der Waals surface area (Å²) in [7, 11) is -3.67. The quantitative estimate of drug-likeness (QED) is 0.654. The summed E-state index contributed by atoms with van der Waals surface area (Å²) in [6, 6.07) is 8.59. The molecule has 0 aliphatic carbocycles. The van der Waals surface area contributed by atoms with Crippen molar-refractivity contribution in [3.05, 3.63) is 41.3 Å². The van der Waals surface area contributed by atoms with Crippen molar-refractivity contribution in [3.8, 4) is 0 Å². The number of piperidine rings is 1. The highest BCUT2D eigenvalue weighted by Gasteiger charge is 2.38. The molecule has 6 nitrogen and oxygen atoms in total. The molecule has 1 aromatic carbocycles. The number of aromatic nitrogens is 1. The molecule has 4 rings (SSSR count). The normalized spacial score (nSPS) is 18.4. The molecule has 1 saturated heterocycles. The highest BCUT2D eigenvalue weighted by atomic mass is 32.2. The van der Waals surface area contributed by atoms with Gasteiger partial charge in [0.25, 0.3) is 10.0 Å². The summed E-state index contributed by atoms with van der Waals surface area (Å²) in [5, 5.41) is 5.11. The molecular formula is C19H21N3O3S3. The van der Waals surface area contributed by atoms with Gasteiger partial charge in [-0.3, -0.25) is 4.79 Å². The number of anilines is 1. The lowest BCUT2D eigenvalue weighted by molar-refractivity contribution is -0.120. The number of nitrogens with one attached hydrogen (secondary N) is 1. The van der Waals surface area contributed by atoms with E-state index in [2.05, 4.69) is 17.2 Å². The summed E-state index contributed by atoms with van der Waals surface area (Å²) in [5.41, 5.74) is 2.03. The van der Waals surface area contributed by atoms with Crippen LogP contribution in [0, 0.1) is 0 Å². The third kappa shape index (κ3) is 3.59. The number of thiophene rings is 1. The molecule has 148 valence electrons.